The number of nitrogens with one attached hydrogen (secondary N) is 1. The van der Waals surface area contributed by atoms with Gasteiger partial charge in [-0.05, 0) is 58.1 Å². The van der Waals surface area contributed by atoms with Crippen LogP contribution in [0.2, 0.25) is 5.02 Å². The van der Waals surface area contributed by atoms with Crippen molar-refractivity contribution in [3.63, 3.8) is 0 Å². The van der Waals surface area contributed by atoms with Crippen molar-refractivity contribution < 1.29 is 4.79 Å². The van der Waals surface area contributed by atoms with Crippen LogP contribution in [0.25, 0.3) is 33.4 Å². The van der Waals surface area contributed by atoms with Gasteiger partial charge in [-0.2, -0.15) is 0 Å². The first-order valence-corrected chi connectivity index (χ1v) is 11.5. The van der Waals surface area contributed by atoms with Crippen LogP contribution in [-0.4, -0.2) is 5.91 Å². The van der Waals surface area contributed by atoms with Crippen molar-refractivity contribution in [2.24, 2.45) is 0 Å². The van der Waals surface area contributed by atoms with Crippen molar-refractivity contribution in [3.8, 4) is 33.4 Å². The largest absolute Gasteiger partial charge is 0.321 e. The van der Waals surface area contributed by atoms with E-state index in [1.165, 1.54) is 0 Å². The number of carbonyl (C=O) groups excluding carboxylic acids is 1. The molecule has 5 aromatic carbocycles. The number of anilines is 1. The molecule has 0 unspecified atom stereocenters. The van der Waals surface area contributed by atoms with Crippen molar-refractivity contribution in [3.05, 3.63) is 138 Å². The van der Waals surface area contributed by atoms with Crippen LogP contribution in [-0.2, 0) is 0 Å². The van der Waals surface area contributed by atoms with E-state index in [2.05, 4.69) is 29.6 Å². The molecule has 0 heterocycles. The van der Waals surface area contributed by atoms with Crippen LogP contribution in [0, 0.1) is 0 Å². The maximum atomic E-state index is 13.1. The fourth-order valence-electron chi connectivity index (χ4n) is 4.07. The highest BCUT2D eigenvalue weighted by Gasteiger charge is 2.14. The van der Waals surface area contributed by atoms with Crippen LogP contribution in [0.3, 0.4) is 0 Å². The van der Waals surface area contributed by atoms with Gasteiger partial charge in [0.15, 0.2) is 0 Å². The van der Waals surface area contributed by atoms with Crippen molar-refractivity contribution >= 4 is 23.2 Å². The Kier molecular flexibility index (Phi) is 6.24. The summed E-state index contributed by atoms with van der Waals surface area (Å²) in [5.74, 6) is -0.143. The molecular weight excluding hydrogens is 438 g/mol. The average Bonchev–Trinajstić information content (AvgIpc) is 2.90. The number of hydrogen-bond acceptors (Lipinski definition) is 1. The highest BCUT2D eigenvalue weighted by molar-refractivity contribution is 6.30. The van der Waals surface area contributed by atoms with Gasteiger partial charge in [0.2, 0.25) is 0 Å². The van der Waals surface area contributed by atoms with Crippen molar-refractivity contribution in [1.29, 1.82) is 0 Å². The van der Waals surface area contributed by atoms with E-state index in [4.69, 9.17) is 11.6 Å². The monoisotopic (exact) mass is 459 g/mol. The normalized spacial score (nSPS) is 10.6. The molecule has 0 spiro atoms. The smallest absolute Gasteiger partial charge is 0.255 e. The fraction of sp³-hybridized carbons (Fsp3) is 0. The second-order valence-corrected chi connectivity index (χ2v) is 8.43. The summed E-state index contributed by atoms with van der Waals surface area (Å²) in [5.41, 5.74) is 7.72. The number of hydrogen-bond donors (Lipinski definition) is 1. The summed E-state index contributed by atoms with van der Waals surface area (Å²) in [7, 11) is 0. The van der Waals surface area contributed by atoms with E-state index in [-0.39, 0.29) is 5.91 Å². The first kappa shape index (κ1) is 21.7. The predicted molar refractivity (Wildman–Crippen MR) is 142 cm³/mol. The number of rotatable bonds is 5. The number of para-hydroxylation sites is 1. The number of carbonyl (C=O) groups is 1. The number of halogens is 1. The first-order valence-electron chi connectivity index (χ1n) is 11.1. The minimum absolute atomic E-state index is 0.143. The van der Waals surface area contributed by atoms with E-state index in [1.54, 1.807) is 0 Å². The molecule has 0 aliphatic rings. The molecule has 1 N–H and O–H groups in total. The lowest BCUT2D eigenvalue weighted by molar-refractivity contribution is 0.102. The molecule has 0 aromatic heterocycles. The molecule has 2 nitrogen and oxygen atoms in total. The van der Waals surface area contributed by atoms with Crippen molar-refractivity contribution in [2.45, 2.75) is 0 Å². The second-order valence-electron chi connectivity index (χ2n) is 8.00. The molecular formula is C31H22ClNO. The molecule has 164 valence electrons. The van der Waals surface area contributed by atoms with E-state index in [1.807, 2.05) is 103 Å². The van der Waals surface area contributed by atoms with Gasteiger partial charge >= 0.3 is 0 Å². The second kappa shape index (κ2) is 9.78. The van der Waals surface area contributed by atoms with Crippen LogP contribution in [0.4, 0.5) is 5.69 Å². The topological polar surface area (TPSA) is 29.1 Å². The van der Waals surface area contributed by atoms with Gasteiger partial charge in [-0.25, -0.2) is 0 Å². The molecule has 5 aromatic rings. The van der Waals surface area contributed by atoms with Crippen LogP contribution >= 0.6 is 11.6 Å². The van der Waals surface area contributed by atoms with Gasteiger partial charge in [0, 0.05) is 21.8 Å². The third kappa shape index (κ3) is 4.63. The maximum absolute atomic E-state index is 13.1. The highest BCUT2D eigenvalue weighted by Crippen LogP contribution is 2.36. The van der Waals surface area contributed by atoms with Gasteiger partial charge in [-0.15, -0.1) is 0 Å². The average molecular weight is 460 g/mol. The van der Waals surface area contributed by atoms with Gasteiger partial charge < -0.3 is 5.32 Å². The van der Waals surface area contributed by atoms with Crippen LogP contribution < -0.4 is 5.32 Å². The van der Waals surface area contributed by atoms with E-state index < -0.39 is 0 Å². The summed E-state index contributed by atoms with van der Waals surface area (Å²) in [6, 6.07) is 41.7. The Bertz CT molecular complexity index is 1430. The zero-order chi connectivity index (χ0) is 23.3. The molecule has 5 rings (SSSR count). The molecule has 0 saturated carbocycles. The first-order chi connectivity index (χ1) is 16.7. The van der Waals surface area contributed by atoms with Crippen LogP contribution in [0.15, 0.2) is 127 Å². The summed E-state index contributed by atoms with van der Waals surface area (Å²) in [6.07, 6.45) is 0. The molecule has 3 heteroatoms. The van der Waals surface area contributed by atoms with E-state index in [0.29, 0.717) is 10.6 Å². The maximum Gasteiger partial charge on any atom is 0.255 e. The standard InChI is InChI=1S/C31H22ClNO/c32-26-20-18-24(19-21-26)27-10-4-5-11-28(27)29-12-6-7-13-30(29)33-31(34)25-16-14-23(15-17-25)22-8-2-1-3-9-22/h1-21H,(H,33,34). The lowest BCUT2D eigenvalue weighted by Crippen LogP contribution is -2.12. The van der Waals surface area contributed by atoms with Gasteiger partial charge in [-0.3, -0.25) is 4.79 Å². The predicted octanol–water partition coefficient (Wildman–Crippen LogP) is 8.59. The van der Waals surface area contributed by atoms with Crippen molar-refractivity contribution in [1.82, 2.24) is 0 Å². The van der Waals surface area contributed by atoms with Gasteiger partial charge in [-0.1, -0.05) is 109 Å². The molecule has 0 aliphatic carbocycles. The van der Waals surface area contributed by atoms with Gasteiger partial charge in [0.05, 0.1) is 0 Å². The Labute approximate surface area is 204 Å². The third-order valence-corrected chi connectivity index (χ3v) is 6.05. The summed E-state index contributed by atoms with van der Waals surface area (Å²) in [4.78, 5) is 13.1. The highest BCUT2D eigenvalue weighted by atomic mass is 35.5. The van der Waals surface area contributed by atoms with Crippen molar-refractivity contribution in [2.75, 3.05) is 5.32 Å². The summed E-state index contributed by atoms with van der Waals surface area (Å²) in [5, 5.41) is 3.81. The molecule has 0 radical (unpaired) electrons. The van der Waals surface area contributed by atoms with E-state index in [0.717, 1.165) is 39.1 Å². The van der Waals surface area contributed by atoms with Crippen LogP contribution in [0.5, 0.6) is 0 Å². The Balaban J connectivity index is 1.45. The number of amides is 1. The quantitative estimate of drug-likeness (QED) is 0.280. The minimum atomic E-state index is -0.143. The Morgan fingerprint density at radius 3 is 1.74 bits per heavy atom. The lowest BCUT2D eigenvalue weighted by Gasteiger charge is -2.15. The molecule has 1 amide bonds. The van der Waals surface area contributed by atoms with E-state index >= 15 is 0 Å². The van der Waals surface area contributed by atoms with Gasteiger partial charge in [0.25, 0.3) is 5.91 Å². The summed E-state index contributed by atoms with van der Waals surface area (Å²) < 4.78 is 0. The zero-order valence-corrected chi connectivity index (χ0v) is 19.2. The molecule has 0 fully saturated rings. The summed E-state index contributed by atoms with van der Waals surface area (Å²) >= 11 is 6.09. The lowest BCUT2D eigenvalue weighted by atomic mass is 9.93. The molecule has 0 aliphatic heterocycles. The minimum Gasteiger partial charge on any atom is -0.321 e. The van der Waals surface area contributed by atoms with Gasteiger partial charge in [0.1, 0.15) is 0 Å². The molecule has 0 atom stereocenters. The summed E-state index contributed by atoms with van der Waals surface area (Å²) in [6.45, 7) is 0. The molecule has 0 saturated heterocycles. The Hall–Kier alpha value is -4.14. The Morgan fingerprint density at radius 2 is 1.03 bits per heavy atom. The molecule has 34 heavy (non-hydrogen) atoms. The van der Waals surface area contributed by atoms with Crippen LogP contribution in [0.1, 0.15) is 10.4 Å². The number of benzene rings is 5. The van der Waals surface area contributed by atoms with E-state index in [9.17, 15) is 4.79 Å². The SMILES string of the molecule is O=C(Nc1ccccc1-c1ccccc1-c1ccc(Cl)cc1)c1ccc(-c2ccccc2)cc1. The third-order valence-electron chi connectivity index (χ3n) is 5.80. The zero-order valence-electron chi connectivity index (χ0n) is 18.4. The fourth-order valence-corrected chi connectivity index (χ4v) is 4.19. The Morgan fingerprint density at radius 1 is 0.500 bits per heavy atom. The molecule has 0 bridgehead atoms.